The fraction of sp³-hybridized carbons (Fsp3) is 0.667. The van der Waals surface area contributed by atoms with Gasteiger partial charge in [0.1, 0.15) is 0 Å². The Bertz CT molecular complexity index is 439. The normalized spacial score (nSPS) is 14.1. The molecule has 0 saturated carbocycles. The van der Waals surface area contributed by atoms with Gasteiger partial charge >= 0.3 is 0 Å². The lowest BCUT2D eigenvalue weighted by atomic mass is 10.3. The van der Waals surface area contributed by atoms with Gasteiger partial charge in [0, 0.05) is 12.1 Å². The molecule has 0 fully saturated rings. The van der Waals surface area contributed by atoms with Gasteiger partial charge in [0.25, 0.3) is 5.56 Å². The van der Waals surface area contributed by atoms with Crippen LogP contribution in [0.4, 0.5) is 5.95 Å². The number of anilines is 1. The molecule has 1 aliphatic rings. The molecular weight excluding hydrogens is 216 g/mol. The zero-order valence-electron chi connectivity index (χ0n) is 10.5. The van der Waals surface area contributed by atoms with Crippen LogP contribution in [0.1, 0.15) is 24.1 Å². The Morgan fingerprint density at radius 1 is 1.41 bits per heavy atom. The van der Waals surface area contributed by atoms with Crippen LogP contribution < -0.4 is 10.9 Å². The number of nitrogens with zero attached hydrogens (tertiary/aromatic N) is 2. The molecule has 0 saturated heterocycles. The van der Waals surface area contributed by atoms with E-state index in [2.05, 4.69) is 34.3 Å². The molecule has 0 radical (unpaired) electrons. The predicted octanol–water partition coefficient (Wildman–Crippen LogP) is 0.622. The molecule has 1 heterocycles. The van der Waals surface area contributed by atoms with Crippen LogP contribution >= 0.6 is 0 Å². The summed E-state index contributed by atoms with van der Waals surface area (Å²) in [4.78, 5) is 21.1. The first-order chi connectivity index (χ1) is 8.16. The van der Waals surface area contributed by atoms with E-state index in [0.29, 0.717) is 5.95 Å². The molecule has 0 aliphatic heterocycles. The van der Waals surface area contributed by atoms with E-state index in [4.69, 9.17) is 0 Å². The van der Waals surface area contributed by atoms with Crippen molar-refractivity contribution in [2.45, 2.75) is 25.7 Å². The SMILES string of the molecule is CN(C)CCCNc1nc2c(c(=O)[nH]1)CCC2. The Morgan fingerprint density at radius 3 is 3.00 bits per heavy atom. The highest BCUT2D eigenvalue weighted by molar-refractivity contribution is 5.31. The summed E-state index contributed by atoms with van der Waals surface area (Å²) in [5.74, 6) is 0.620. The van der Waals surface area contributed by atoms with Crippen molar-refractivity contribution in [2.75, 3.05) is 32.5 Å². The Labute approximate surface area is 101 Å². The Kier molecular flexibility index (Phi) is 3.78. The van der Waals surface area contributed by atoms with E-state index in [0.717, 1.165) is 50.0 Å². The van der Waals surface area contributed by atoms with E-state index in [1.54, 1.807) is 0 Å². The zero-order chi connectivity index (χ0) is 12.3. The summed E-state index contributed by atoms with van der Waals surface area (Å²) >= 11 is 0. The smallest absolute Gasteiger partial charge is 0.255 e. The lowest BCUT2D eigenvalue weighted by Crippen LogP contribution is -2.20. The van der Waals surface area contributed by atoms with Gasteiger partial charge in [0.15, 0.2) is 0 Å². The quantitative estimate of drug-likeness (QED) is 0.736. The maximum atomic E-state index is 11.7. The summed E-state index contributed by atoms with van der Waals surface area (Å²) in [6, 6.07) is 0. The zero-order valence-corrected chi connectivity index (χ0v) is 10.5. The van der Waals surface area contributed by atoms with Crippen molar-refractivity contribution in [3.8, 4) is 0 Å². The van der Waals surface area contributed by atoms with Crippen molar-refractivity contribution < 1.29 is 0 Å². The number of hydrogen-bond donors (Lipinski definition) is 2. The Balaban J connectivity index is 1.94. The summed E-state index contributed by atoms with van der Waals surface area (Å²) in [6.45, 7) is 1.86. The maximum absolute atomic E-state index is 11.7. The van der Waals surface area contributed by atoms with Gasteiger partial charge in [-0.3, -0.25) is 9.78 Å². The van der Waals surface area contributed by atoms with E-state index in [1.165, 1.54) is 0 Å². The Morgan fingerprint density at radius 2 is 2.24 bits per heavy atom. The lowest BCUT2D eigenvalue weighted by molar-refractivity contribution is 0.405. The van der Waals surface area contributed by atoms with Crippen LogP contribution in [-0.4, -0.2) is 42.1 Å². The molecule has 0 spiro atoms. The van der Waals surface area contributed by atoms with Gasteiger partial charge < -0.3 is 10.2 Å². The molecule has 2 rings (SSSR count). The second kappa shape index (κ2) is 5.31. The summed E-state index contributed by atoms with van der Waals surface area (Å²) in [5, 5.41) is 3.18. The van der Waals surface area contributed by atoms with Crippen molar-refractivity contribution in [1.29, 1.82) is 0 Å². The van der Waals surface area contributed by atoms with Gasteiger partial charge in [0.2, 0.25) is 5.95 Å². The highest BCUT2D eigenvalue weighted by Gasteiger charge is 2.16. The molecule has 5 nitrogen and oxygen atoms in total. The minimum atomic E-state index is 0.0302. The number of H-pyrrole nitrogens is 1. The van der Waals surface area contributed by atoms with E-state index in [-0.39, 0.29) is 5.56 Å². The molecule has 5 heteroatoms. The van der Waals surface area contributed by atoms with Crippen LogP contribution in [0.25, 0.3) is 0 Å². The average molecular weight is 236 g/mol. The van der Waals surface area contributed by atoms with E-state index in [1.807, 2.05) is 0 Å². The van der Waals surface area contributed by atoms with Crippen molar-refractivity contribution in [1.82, 2.24) is 14.9 Å². The van der Waals surface area contributed by atoms with E-state index >= 15 is 0 Å². The Hall–Kier alpha value is -1.36. The summed E-state index contributed by atoms with van der Waals surface area (Å²) in [6.07, 6.45) is 3.90. The van der Waals surface area contributed by atoms with Gasteiger partial charge in [-0.25, -0.2) is 4.98 Å². The number of rotatable bonds is 5. The molecule has 17 heavy (non-hydrogen) atoms. The number of aromatic nitrogens is 2. The van der Waals surface area contributed by atoms with E-state index < -0.39 is 0 Å². The van der Waals surface area contributed by atoms with Crippen LogP contribution in [0.5, 0.6) is 0 Å². The van der Waals surface area contributed by atoms with Crippen molar-refractivity contribution >= 4 is 5.95 Å². The van der Waals surface area contributed by atoms with Crippen LogP contribution in [0.2, 0.25) is 0 Å². The monoisotopic (exact) mass is 236 g/mol. The van der Waals surface area contributed by atoms with Crippen LogP contribution in [0.15, 0.2) is 4.79 Å². The standard InChI is InChI=1S/C12H20N4O/c1-16(2)8-4-7-13-12-14-10-6-3-5-9(10)11(17)15-12/h3-8H2,1-2H3,(H2,13,14,15,17). The van der Waals surface area contributed by atoms with Crippen molar-refractivity contribution in [3.63, 3.8) is 0 Å². The van der Waals surface area contributed by atoms with Crippen molar-refractivity contribution in [2.24, 2.45) is 0 Å². The number of hydrogen-bond acceptors (Lipinski definition) is 4. The van der Waals surface area contributed by atoms with Crippen LogP contribution in [0, 0.1) is 0 Å². The number of aryl methyl sites for hydroxylation is 1. The molecule has 0 amide bonds. The van der Waals surface area contributed by atoms with Gasteiger partial charge in [0.05, 0.1) is 5.69 Å². The van der Waals surface area contributed by atoms with Crippen molar-refractivity contribution in [3.05, 3.63) is 21.6 Å². The third kappa shape index (κ3) is 3.06. The maximum Gasteiger partial charge on any atom is 0.255 e. The lowest BCUT2D eigenvalue weighted by Gasteiger charge is -2.10. The molecule has 1 aromatic heterocycles. The molecule has 94 valence electrons. The first-order valence-electron chi connectivity index (χ1n) is 6.17. The molecular formula is C12H20N4O. The first-order valence-corrected chi connectivity index (χ1v) is 6.17. The van der Waals surface area contributed by atoms with Crippen LogP contribution in [0.3, 0.4) is 0 Å². The van der Waals surface area contributed by atoms with E-state index in [9.17, 15) is 4.79 Å². The first kappa shape index (κ1) is 12.1. The molecule has 1 aliphatic carbocycles. The minimum absolute atomic E-state index is 0.0302. The fourth-order valence-electron chi connectivity index (χ4n) is 2.13. The molecule has 1 aromatic rings. The molecule has 2 N–H and O–H groups in total. The fourth-order valence-corrected chi connectivity index (χ4v) is 2.13. The second-order valence-corrected chi connectivity index (χ2v) is 4.78. The van der Waals surface area contributed by atoms with Gasteiger partial charge in [-0.2, -0.15) is 0 Å². The third-order valence-electron chi connectivity index (χ3n) is 3.02. The number of aromatic amines is 1. The highest BCUT2D eigenvalue weighted by Crippen LogP contribution is 2.16. The largest absolute Gasteiger partial charge is 0.356 e. The summed E-state index contributed by atoms with van der Waals surface area (Å²) < 4.78 is 0. The molecule has 0 aromatic carbocycles. The molecule has 0 atom stereocenters. The van der Waals surface area contributed by atoms with Gasteiger partial charge in [-0.15, -0.1) is 0 Å². The molecule has 0 bridgehead atoms. The third-order valence-corrected chi connectivity index (χ3v) is 3.02. The van der Waals surface area contributed by atoms with Gasteiger partial charge in [-0.1, -0.05) is 0 Å². The summed E-state index contributed by atoms with van der Waals surface area (Å²) in [7, 11) is 4.10. The van der Waals surface area contributed by atoms with Gasteiger partial charge in [-0.05, 0) is 46.3 Å². The second-order valence-electron chi connectivity index (χ2n) is 4.78. The highest BCUT2D eigenvalue weighted by atomic mass is 16.1. The average Bonchev–Trinajstić information content (AvgIpc) is 2.72. The number of fused-ring (bicyclic) bond motifs is 1. The minimum Gasteiger partial charge on any atom is -0.356 e. The summed E-state index contributed by atoms with van der Waals surface area (Å²) in [5.41, 5.74) is 1.88. The molecule has 0 unspecified atom stereocenters. The van der Waals surface area contributed by atoms with Crippen LogP contribution in [-0.2, 0) is 12.8 Å². The predicted molar refractivity (Wildman–Crippen MR) is 68.5 cm³/mol. The topological polar surface area (TPSA) is 61.0 Å². The number of nitrogens with one attached hydrogen (secondary N) is 2.